The molecule has 0 bridgehead atoms. The second-order valence-corrected chi connectivity index (χ2v) is 12.4. The van der Waals surface area contributed by atoms with E-state index in [0.29, 0.717) is 18.6 Å². The summed E-state index contributed by atoms with van der Waals surface area (Å²) in [5, 5.41) is 11.2. The van der Waals surface area contributed by atoms with Gasteiger partial charge in [0.25, 0.3) is 5.56 Å². The number of hydrogen-bond donors (Lipinski definition) is 2. The van der Waals surface area contributed by atoms with E-state index < -0.39 is 54.6 Å². The van der Waals surface area contributed by atoms with Crippen LogP contribution < -0.4 is 15.8 Å². The number of aromatic nitrogens is 2. The van der Waals surface area contributed by atoms with Gasteiger partial charge in [-0.2, -0.15) is 0 Å². The maximum Gasteiger partial charge on any atom is 0.380 e. The van der Waals surface area contributed by atoms with E-state index in [9.17, 15) is 24.1 Å². The SMILES string of the molecule is CCOC(=O)[C@H](Cc1ccccc1)CP(=O)(OC[C@H]1O[C@@H](n2ccc(=O)[nH]c2=O)C2(CC2)[C@@H]1O)Oc1ccccc1. The normalized spacial score (nSPS) is 23.0. The van der Waals surface area contributed by atoms with Gasteiger partial charge >= 0.3 is 19.3 Å². The Morgan fingerprint density at radius 3 is 2.44 bits per heavy atom. The number of aliphatic hydroxyl groups is 1. The predicted octanol–water partition coefficient (Wildman–Crippen LogP) is 3.29. The minimum Gasteiger partial charge on any atom is -0.466 e. The third kappa shape index (κ3) is 6.54. The molecule has 1 aliphatic carbocycles. The molecule has 1 unspecified atom stereocenters. The molecular formula is C29H33N2O9P. The molecule has 12 heteroatoms. The van der Waals surface area contributed by atoms with Crippen LogP contribution in [-0.4, -0.2) is 52.2 Å². The average Bonchev–Trinajstić information content (AvgIpc) is 3.71. The Balaban J connectivity index is 1.38. The molecule has 3 aromatic rings. The maximum absolute atomic E-state index is 14.3. The van der Waals surface area contributed by atoms with E-state index in [1.165, 1.54) is 16.8 Å². The highest BCUT2D eigenvalue weighted by Gasteiger charge is 2.64. The van der Waals surface area contributed by atoms with E-state index >= 15 is 0 Å². The number of hydrogen-bond acceptors (Lipinski definition) is 9. The van der Waals surface area contributed by atoms with E-state index in [1.807, 2.05) is 30.3 Å². The molecule has 1 saturated carbocycles. The minimum absolute atomic E-state index is 0.157. The molecule has 0 amide bonds. The lowest BCUT2D eigenvalue weighted by atomic mass is 9.96. The van der Waals surface area contributed by atoms with Crippen molar-refractivity contribution in [2.45, 2.75) is 44.6 Å². The third-order valence-electron chi connectivity index (χ3n) is 7.48. The van der Waals surface area contributed by atoms with Crippen LogP contribution in [0.4, 0.5) is 0 Å². The first-order valence-electron chi connectivity index (χ1n) is 13.6. The van der Waals surface area contributed by atoms with Crippen molar-refractivity contribution in [2.75, 3.05) is 19.4 Å². The topological polar surface area (TPSA) is 146 Å². The molecule has 2 aromatic carbocycles. The van der Waals surface area contributed by atoms with Crippen LogP contribution in [0.1, 0.15) is 31.6 Å². The van der Waals surface area contributed by atoms with Crippen LogP contribution in [0.3, 0.4) is 0 Å². The molecule has 11 nitrogen and oxygen atoms in total. The number of H-pyrrole nitrogens is 1. The number of esters is 1. The molecule has 2 fully saturated rings. The zero-order chi connectivity index (χ0) is 29.0. The molecule has 1 aromatic heterocycles. The maximum atomic E-state index is 14.3. The summed E-state index contributed by atoms with van der Waals surface area (Å²) >= 11 is 0. The molecule has 1 aliphatic heterocycles. The average molecular weight is 585 g/mol. The van der Waals surface area contributed by atoms with Gasteiger partial charge in [0.1, 0.15) is 18.1 Å². The van der Waals surface area contributed by atoms with Gasteiger partial charge in [0.05, 0.1) is 31.4 Å². The lowest BCUT2D eigenvalue weighted by Crippen LogP contribution is -2.35. The van der Waals surface area contributed by atoms with Crippen LogP contribution in [0.15, 0.2) is 82.5 Å². The van der Waals surface area contributed by atoms with Crippen molar-refractivity contribution in [1.29, 1.82) is 0 Å². The molecular weight excluding hydrogens is 551 g/mol. The van der Waals surface area contributed by atoms with Crippen molar-refractivity contribution in [2.24, 2.45) is 11.3 Å². The number of rotatable bonds is 12. The number of aliphatic hydroxyl groups excluding tert-OH is 1. The van der Waals surface area contributed by atoms with Gasteiger partial charge in [0.15, 0.2) is 0 Å². The van der Waals surface area contributed by atoms with Crippen molar-refractivity contribution < 1.29 is 33.0 Å². The standard InChI is InChI=1S/C29H33N2O9P/c1-2-37-26(34)21(17-20-9-5-3-6-10-20)19-41(36,40-22-11-7-4-8-12-22)38-18-23-25(33)29(14-15-29)27(39-23)31-16-13-24(32)30-28(31)35/h3-13,16,21,23,25,27,33H,2,14-15,17-19H2,1H3,(H,30,32,35)/t21-,23-,25-,27-,41?/m1/s1. The number of aromatic amines is 1. The first-order chi connectivity index (χ1) is 19.7. The van der Waals surface area contributed by atoms with Crippen molar-refractivity contribution >= 4 is 13.6 Å². The fraction of sp³-hybridized carbons (Fsp3) is 0.414. The van der Waals surface area contributed by atoms with Gasteiger partial charge in [-0.05, 0) is 43.9 Å². The van der Waals surface area contributed by atoms with Crippen molar-refractivity contribution in [3.8, 4) is 5.75 Å². The summed E-state index contributed by atoms with van der Waals surface area (Å²) < 4.78 is 38.7. The third-order valence-corrected chi connectivity index (χ3v) is 9.40. The Hall–Kier alpha value is -3.50. The van der Waals surface area contributed by atoms with Crippen LogP contribution in [0, 0.1) is 11.3 Å². The van der Waals surface area contributed by atoms with E-state index in [0.717, 1.165) is 5.56 Å². The van der Waals surface area contributed by atoms with Gasteiger partial charge in [0, 0.05) is 17.7 Å². The molecule has 2 aliphatic rings. The first kappa shape index (κ1) is 29.0. The Morgan fingerprint density at radius 2 is 1.80 bits per heavy atom. The van der Waals surface area contributed by atoms with Crippen molar-refractivity contribution in [1.82, 2.24) is 9.55 Å². The Morgan fingerprint density at radius 1 is 1.12 bits per heavy atom. The van der Waals surface area contributed by atoms with Gasteiger partial charge in [-0.15, -0.1) is 0 Å². The van der Waals surface area contributed by atoms with Gasteiger partial charge in [-0.3, -0.25) is 23.7 Å². The Bertz CT molecular complexity index is 1500. The number of carbonyl (C=O) groups is 1. The fourth-order valence-corrected chi connectivity index (χ4v) is 7.13. The van der Waals surface area contributed by atoms with Gasteiger partial charge < -0.3 is 19.1 Å². The summed E-state index contributed by atoms with van der Waals surface area (Å²) in [4.78, 5) is 39.2. The number of para-hydroxylation sites is 1. The highest BCUT2D eigenvalue weighted by Crippen LogP contribution is 2.62. The zero-order valence-corrected chi connectivity index (χ0v) is 23.5. The number of benzene rings is 2. The van der Waals surface area contributed by atoms with Gasteiger partial charge in [-0.25, -0.2) is 9.36 Å². The summed E-state index contributed by atoms with van der Waals surface area (Å²) in [7, 11) is -4.03. The number of ether oxygens (including phenoxy) is 2. The second kappa shape index (κ2) is 12.2. The summed E-state index contributed by atoms with van der Waals surface area (Å²) in [6, 6.07) is 19.0. The number of carbonyl (C=O) groups excluding carboxylic acids is 1. The largest absolute Gasteiger partial charge is 0.466 e. The van der Waals surface area contributed by atoms with Crippen LogP contribution >= 0.6 is 7.60 Å². The quantitative estimate of drug-likeness (QED) is 0.242. The second-order valence-electron chi connectivity index (χ2n) is 10.4. The summed E-state index contributed by atoms with van der Waals surface area (Å²) in [5.41, 5.74) is -1.07. The highest BCUT2D eigenvalue weighted by molar-refractivity contribution is 7.54. The molecule has 1 spiro atoms. The molecule has 5 atom stereocenters. The Labute approximate surface area is 236 Å². The molecule has 218 valence electrons. The van der Waals surface area contributed by atoms with E-state index in [1.54, 1.807) is 37.3 Å². The molecule has 2 N–H and O–H groups in total. The van der Waals surface area contributed by atoms with Gasteiger partial charge in [0.2, 0.25) is 0 Å². The summed E-state index contributed by atoms with van der Waals surface area (Å²) in [6.45, 7) is 1.54. The highest BCUT2D eigenvalue weighted by atomic mass is 31.2. The lowest BCUT2D eigenvalue weighted by molar-refractivity contribution is -0.147. The number of nitrogens with one attached hydrogen (secondary N) is 1. The van der Waals surface area contributed by atoms with Crippen molar-refractivity contribution in [3.05, 3.63) is 99.3 Å². The predicted molar refractivity (Wildman–Crippen MR) is 149 cm³/mol. The zero-order valence-electron chi connectivity index (χ0n) is 22.6. The van der Waals surface area contributed by atoms with Crippen LogP contribution in [0.25, 0.3) is 0 Å². The van der Waals surface area contributed by atoms with Gasteiger partial charge in [-0.1, -0.05) is 48.5 Å². The first-order valence-corrected chi connectivity index (χ1v) is 15.3. The van der Waals surface area contributed by atoms with Crippen LogP contribution in [0.5, 0.6) is 5.75 Å². The monoisotopic (exact) mass is 584 g/mol. The number of nitrogens with zero attached hydrogens (tertiary/aromatic N) is 1. The van der Waals surface area contributed by atoms with Crippen LogP contribution in [-0.2, 0) is 29.8 Å². The summed E-state index contributed by atoms with van der Waals surface area (Å²) in [5.74, 6) is -1.06. The molecule has 5 rings (SSSR count). The minimum atomic E-state index is -4.03. The fourth-order valence-electron chi connectivity index (χ4n) is 5.26. The van der Waals surface area contributed by atoms with E-state index in [-0.39, 0.29) is 25.8 Å². The lowest BCUT2D eigenvalue weighted by Gasteiger charge is -2.25. The molecule has 1 saturated heterocycles. The van der Waals surface area contributed by atoms with Crippen LogP contribution in [0.2, 0.25) is 0 Å². The van der Waals surface area contributed by atoms with Crippen molar-refractivity contribution in [3.63, 3.8) is 0 Å². The smallest absolute Gasteiger partial charge is 0.380 e. The van der Waals surface area contributed by atoms with E-state index in [2.05, 4.69) is 4.98 Å². The molecule has 41 heavy (non-hydrogen) atoms. The molecule has 2 heterocycles. The van der Waals surface area contributed by atoms with E-state index in [4.69, 9.17) is 18.5 Å². The molecule has 0 radical (unpaired) electrons. The Kier molecular flexibility index (Phi) is 8.60. The summed E-state index contributed by atoms with van der Waals surface area (Å²) in [6.07, 6.45) is -0.289.